The van der Waals surface area contributed by atoms with Crippen molar-refractivity contribution in [3.63, 3.8) is 0 Å². The molecule has 0 saturated heterocycles. The van der Waals surface area contributed by atoms with Gasteiger partial charge >= 0.3 is 5.97 Å². The molecule has 1 fully saturated rings. The molecule has 0 heterocycles. The van der Waals surface area contributed by atoms with Crippen LogP contribution in [0.4, 0.5) is 0 Å². The van der Waals surface area contributed by atoms with Gasteiger partial charge in [0, 0.05) is 18.7 Å². The predicted molar refractivity (Wildman–Crippen MR) is 108 cm³/mol. The average Bonchev–Trinajstić information content (AvgIpc) is 2.62. The van der Waals surface area contributed by atoms with E-state index in [0.29, 0.717) is 5.54 Å². The maximum atomic E-state index is 10.4. The van der Waals surface area contributed by atoms with Crippen LogP contribution < -0.4 is 5.32 Å². The lowest BCUT2D eigenvalue weighted by Crippen LogP contribution is -2.51. The highest BCUT2D eigenvalue weighted by Crippen LogP contribution is 2.38. The van der Waals surface area contributed by atoms with Crippen molar-refractivity contribution in [2.45, 2.75) is 57.9 Å². The fourth-order valence-corrected chi connectivity index (χ4v) is 2.68. The van der Waals surface area contributed by atoms with E-state index >= 15 is 0 Å². The van der Waals surface area contributed by atoms with Crippen molar-refractivity contribution < 1.29 is 19.8 Å². The van der Waals surface area contributed by atoms with Gasteiger partial charge in [-0.1, -0.05) is 50.3 Å². The fourth-order valence-electron chi connectivity index (χ4n) is 2.68. The zero-order valence-corrected chi connectivity index (χ0v) is 16.5. The first-order chi connectivity index (χ1) is 12.4. The third kappa shape index (κ3) is 12.4. The van der Waals surface area contributed by atoms with E-state index in [1.165, 1.54) is 30.4 Å². The second-order valence-corrected chi connectivity index (χ2v) is 5.97. The minimum absolute atomic E-state index is 0.295. The van der Waals surface area contributed by atoms with Crippen LogP contribution in [0.15, 0.2) is 48.6 Å². The summed E-state index contributed by atoms with van der Waals surface area (Å²) in [5.74, 6) is -0.981. The molecule has 0 aromatic carbocycles. The highest BCUT2D eigenvalue weighted by atomic mass is 16.4. The molecular weight excluding hydrogens is 330 g/mol. The first kappa shape index (κ1) is 26.3. The molecule has 1 rings (SSSR count). The normalized spacial score (nSPS) is 14.8. The summed E-state index contributed by atoms with van der Waals surface area (Å²) in [4.78, 5) is 19.6. The Morgan fingerprint density at radius 2 is 1.85 bits per heavy atom. The molecule has 0 radical (unpaired) electrons. The van der Waals surface area contributed by atoms with Crippen molar-refractivity contribution in [1.29, 1.82) is 0 Å². The van der Waals surface area contributed by atoms with Gasteiger partial charge in [0.05, 0.1) is 0 Å². The largest absolute Gasteiger partial charge is 0.478 e. The van der Waals surface area contributed by atoms with Gasteiger partial charge in [-0.05, 0) is 51.1 Å². The standard InChI is InChI=1S/C17H27NO.C3H4O2.CH4O/c1-4-15(3)13-16(9-6-7-12-19)14-17(18-5-2)10-8-11-17;1-2-3(4)5;1-2/h6-7,12-13,18H,3-5,8-11,14H2,1-2H3;2H,1H2,(H,4,5);2H,1H3/b7-6+,16-13+;;. The number of rotatable bonds is 10. The summed E-state index contributed by atoms with van der Waals surface area (Å²) in [7, 11) is 1.00. The lowest BCUT2D eigenvalue weighted by molar-refractivity contribution is -0.131. The van der Waals surface area contributed by atoms with Gasteiger partial charge in [0.1, 0.15) is 6.29 Å². The molecule has 1 saturated carbocycles. The molecule has 0 amide bonds. The number of hydrogen-bond acceptors (Lipinski definition) is 4. The molecule has 0 unspecified atom stereocenters. The Morgan fingerprint density at radius 1 is 1.27 bits per heavy atom. The van der Waals surface area contributed by atoms with Gasteiger partial charge in [0.15, 0.2) is 0 Å². The lowest BCUT2D eigenvalue weighted by Gasteiger charge is -2.43. The molecule has 0 spiro atoms. The number of aliphatic carboxylic acids is 1. The Morgan fingerprint density at radius 3 is 2.19 bits per heavy atom. The van der Waals surface area contributed by atoms with Crippen molar-refractivity contribution in [2.24, 2.45) is 0 Å². The molecule has 0 aliphatic heterocycles. The number of carboxylic acid groups (broad SMARTS) is 1. The molecule has 0 aromatic rings. The maximum Gasteiger partial charge on any atom is 0.327 e. The van der Waals surface area contributed by atoms with Crippen molar-refractivity contribution >= 4 is 12.3 Å². The van der Waals surface area contributed by atoms with Crippen LogP contribution in [0.5, 0.6) is 0 Å². The van der Waals surface area contributed by atoms with Gasteiger partial charge in [-0.2, -0.15) is 0 Å². The molecular formula is C21H35NO4. The molecule has 5 nitrogen and oxygen atoms in total. The molecule has 26 heavy (non-hydrogen) atoms. The van der Waals surface area contributed by atoms with Crippen molar-refractivity contribution in [1.82, 2.24) is 5.32 Å². The summed E-state index contributed by atoms with van der Waals surface area (Å²) in [6, 6.07) is 0. The topological polar surface area (TPSA) is 86.6 Å². The molecule has 148 valence electrons. The second-order valence-electron chi connectivity index (χ2n) is 5.97. The Bertz CT molecular complexity index is 488. The van der Waals surface area contributed by atoms with E-state index in [-0.39, 0.29) is 0 Å². The molecule has 5 heteroatoms. The van der Waals surface area contributed by atoms with Crippen LogP contribution in [-0.4, -0.2) is 41.7 Å². The van der Waals surface area contributed by atoms with E-state index in [1.807, 2.05) is 6.08 Å². The van der Waals surface area contributed by atoms with Crippen molar-refractivity contribution in [2.75, 3.05) is 13.7 Å². The van der Waals surface area contributed by atoms with Gasteiger partial charge in [0.2, 0.25) is 0 Å². The average molecular weight is 366 g/mol. The number of carboxylic acids is 1. The van der Waals surface area contributed by atoms with Crippen LogP contribution in [0.3, 0.4) is 0 Å². The number of aliphatic hydroxyl groups is 1. The summed E-state index contributed by atoms with van der Waals surface area (Å²) < 4.78 is 0. The summed E-state index contributed by atoms with van der Waals surface area (Å²) in [5, 5.41) is 18.2. The van der Waals surface area contributed by atoms with E-state index in [9.17, 15) is 9.59 Å². The number of aldehydes is 1. The Labute approximate surface area is 158 Å². The summed E-state index contributed by atoms with van der Waals surface area (Å²) in [6.07, 6.45) is 14.2. The van der Waals surface area contributed by atoms with E-state index in [0.717, 1.165) is 45.3 Å². The predicted octanol–water partition coefficient (Wildman–Crippen LogP) is 3.81. The third-order valence-corrected chi connectivity index (χ3v) is 4.06. The van der Waals surface area contributed by atoms with Crippen LogP contribution in [0, 0.1) is 0 Å². The summed E-state index contributed by atoms with van der Waals surface area (Å²) in [5.41, 5.74) is 2.84. The van der Waals surface area contributed by atoms with Gasteiger partial charge in [-0.15, -0.1) is 0 Å². The Balaban J connectivity index is 0. The van der Waals surface area contributed by atoms with Gasteiger partial charge < -0.3 is 15.5 Å². The third-order valence-electron chi connectivity index (χ3n) is 4.06. The van der Waals surface area contributed by atoms with E-state index in [2.05, 4.69) is 38.4 Å². The number of nitrogens with one attached hydrogen (secondary N) is 1. The zero-order valence-electron chi connectivity index (χ0n) is 16.5. The number of carbonyl (C=O) groups is 2. The minimum atomic E-state index is -0.981. The van der Waals surface area contributed by atoms with Crippen molar-refractivity contribution in [3.05, 3.63) is 48.6 Å². The molecule has 1 aliphatic carbocycles. The molecule has 0 aromatic heterocycles. The maximum absolute atomic E-state index is 10.4. The molecule has 3 N–H and O–H groups in total. The quantitative estimate of drug-likeness (QED) is 0.311. The van der Waals surface area contributed by atoms with E-state index < -0.39 is 5.97 Å². The number of carbonyl (C=O) groups excluding carboxylic acids is 1. The van der Waals surface area contributed by atoms with Crippen molar-refractivity contribution in [3.8, 4) is 0 Å². The summed E-state index contributed by atoms with van der Waals surface area (Å²) >= 11 is 0. The highest BCUT2D eigenvalue weighted by Gasteiger charge is 2.36. The van der Waals surface area contributed by atoms with Crippen LogP contribution in [0.1, 0.15) is 52.4 Å². The zero-order chi connectivity index (χ0) is 20.4. The Kier molecular flexibility index (Phi) is 16.6. The molecule has 0 atom stereocenters. The number of allylic oxidation sites excluding steroid dienone is 4. The lowest BCUT2D eigenvalue weighted by atomic mass is 9.72. The van der Waals surface area contributed by atoms with Gasteiger partial charge in [-0.3, -0.25) is 4.79 Å². The number of aliphatic hydroxyl groups excluding tert-OH is 1. The van der Waals surface area contributed by atoms with Gasteiger partial charge in [0.25, 0.3) is 0 Å². The Hall–Kier alpha value is -1.98. The smallest absolute Gasteiger partial charge is 0.327 e. The molecule has 1 aliphatic rings. The first-order valence-electron chi connectivity index (χ1n) is 8.95. The van der Waals surface area contributed by atoms with Crippen LogP contribution in [0.25, 0.3) is 0 Å². The van der Waals surface area contributed by atoms with Gasteiger partial charge in [-0.25, -0.2) is 4.79 Å². The highest BCUT2D eigenvalue weighted by molar-refractivity contribution is 5.78. The van der Waals surface area contributed by atoms with E-state index in [4.69, 9.17) is 10.2 Å². The number of hydrogen-bond donors (Lipinski definition) is 3. The van der Waals surface area contributed by atoms with Crippen LogP contribution >= 0.6 is 0 Å². The van der Waals surface area contributed by atoms with E-state index in [1.54, 1.807) is 6.08 Å². The molecule has 0 bridgehead atoms. The summed E-state index contributed by atoms with van der Waals surface area (Å²) in [6.45, 7) is 12.3. The monoisotopic (exact) mass is 365 g/mol. The van der Waals surface area contributed by atoms with Crippen LogP contribution in [-0.2, 0) is 9.59 Å². The second kappa shape index (κ2) is 16.5. The minimum Gasteiger partial charge on any atom is -0.478 e. The first-order valence-corrected chi connectivity index (χ1v) is 8.95. The van der Waals surface area contributed by atoms with Crippen LogP contribution in [0.2, 0.25) is 0 Å². The fraction of sp³-hybridized carbons (Fsp3) is 0.524. The SMILES string of the molecule is C=C(/C=C(\C/C=C/C=O)CC1(NCC)CCC1)CC.C=CC(=O)O.CO.